The van der Waals surface area contributed by atoms with E-state index in [1.807, 2.05) is 31.2 Å². The number of anilines is 1. The third-order valence-corrected chi connectivity index (χ3v) is 7.93. The average molecular weight is 458 g/mol. The van der Waals surface area contributed by atoms with Gasteiger partial charge in [-0.15, -0.1) is 0 Å². The summed E-state index contributed by atoms with van der Waals surface area (Å²) in [5, 5.41) is 2.73. The first-order valence-corrected chi connectivity index (χ1v) is 12.0. The van der Waals surface area contributed by atoms with Crippen molar-refractivity contribution in [1.29, 1.82) is 0 Å². The van der Waals surface area contributed by atoms with Crippen LogP contribution in [0.25, 0.3) is 0 Å². The van der Waals surface area contributed by atoms with E-state index in [0.29, 0.717) is 36.5 Å². The molecule has 2 aromatic carbocycles. The Bertz CT molecular complexity index is 1150. The lowest BCUT2D eigenvalue weighted by atomic mass is 10.1. The Balaban J connectivity index is 1.45. The van der Waals surface area contributed by atoms with Crippen LogP contribution in [-0.2, 0) is 26.0 Å². The molecule has 0 saturated carbocycles. The zero-order valence-corrected chi connectivity index (χ0v) is 19.2. The predicted octanol–water partition coefficient (Wildman–Crippen LogP) is 2.10. The van der Waals surface area contributed by atoms with Crippen LogP contribution < -0.4 is 10.1 Å². The summed E-state index contributed by atoms with van der Waals surface area (Å²) in [5.74, 6) is 0.0705. The second-order valence-electron chi connectivity index (χ2n) is 8.31. The van der Waals surface area contributed by atoms with Crippen molar-refractivity contribution >= 4 is 27.5 Å². The molecule has 0 radical (unpaired) electrons. The molecule has 2 aliphatic heterocycles. The van der Waals surface area contributed by atoms with Crippen molar-refractivity contribution in [3.8, 4) is 5.75 Å². The van der Waals surface area contributed by atoms with Gasteiger partial charge in [-0.2, -0.15) is 4.31 Å². The number of hydrogen-bond acceptors (Lipinski definition) is 5. The second kappa shape index (κ2) is 8.55. The largest absolute Gasteiger partial charge is 0.479 e. The Morgan fingerprint density at radius 3 is 2.41 bits per heavy atom. The fourth-order valence-corrected chi connectivity index (χ4v) is 5.57. The number of amides is 2. The lowest BCUT2D eigenvalue weighted by Gasteiger charge is -2.34. The van der Waals surface area contributed by atoms with Crippen molar-refractivity contribution in [3.63, 3.8) is 0 Å². The third kappa shape index (κ3) is 4.35. The lowest BCUT2D eigenvalue weighted by molar-refractivity contribution is -0.131. The molecule has 0 aliphatic carbocycles. The maximum atomic E-state index is 13.3. The molecule has 4 rings (SSSR count). The molecule has 1 fully saturated rings. The summed E-state index contributed by atoms with van der Waals surface area (Å²) < 4.78 is 33.6. The van der Waals surface area contributed by atoms with Crippen molar-refractivity contribution in [1.82, 2.24) is 9.21 Å². The molecule has 2 amide bonds. The van der Waals surface area contributed by atoms with Gasteiger partial charge < -0.3 is 15.0 Å². The summed E-state index contributed by atoms with van der Waals surface area (Å²) in [6.45, 7) is 6.45. The number of piperazine rings is 1. The Morgan fingerprint density at radius 2 is 1.75 bits per heavy atom. The molecular formula is C23H27N3O5S. The van der Waals surface area contributed by atoms with Gasteiger partial charge in [-0.25, -0.2) is 8.42 Å². The van der Waals surface area contributed by atoms with E-state index < -0.39 is 16.1 Å². The van der Waals surface area contributed by atoms with Crippen molar-refractivity contribution in [2.45, 2.75) is 38.2 Å². The highest BCUT2D eigenvalue weighted by molar-refractivity contribution is 7.89. The molecule has 8 nitrogen and oxygen atoms in total. The predicted molar refractivity (Wildman–Crippen MR) is 120 cm³/mol. The second-order valence-corrected chi connectivity index (χ2v) is 10.2. The molecule has 2 aromatic rings. The number of carbonyl (C=O) groups is 2. The number of benzene rings is 2. The molecule has 1 atom stereocenters. The number of nitrogens with one attached hydrogen (secondary N) is 1. The van der Waals surface area contributed by atoms with Gasteiger partial charge in [0.15, 0.2) is 6.10 Å². The highest BCUT2D eigenvalue weighted by Gasteiger charge is 2.33. The van der Waals surface area contributed by atoms with Crippen molar-refractivity contribution in [2.24, 2.45) is 0 Å². The third-order valence-electron chi connectivity index (χ3n) is 5.89. The number of hydrogen-bond donors (Lipinski definition) is 1. The van der Waals surface area contributed by atoms with Crippen LogP contribution in [-0.4, -0.2) is 61.7 Å². The Labute approximate surface area is 188 Å². The molecule has 9 heteroatoms. The summed E-state index contributed by atoms with van der Waals surface area (Å²) in [7, 11) is -3.77. The average Bonchev–Trinajstić information content (AvgIpc) is 2.76. The summed E-state index contributed by atoms with van der Waals surface area (Å²) in [4.78, 5) is 26.3. The first-order valence-electron chi connectivity index (χ1n) is 10.6. The Hall–Kier alpha value is -2.91. The van der Waals surface area contributed by atoms with E-state index in [1.165, 1.54) is 10.4 Å². The Morgan fingerprint density at radius 1 is 1.09 bits per heavy atom. The number of ether oxygens (including phenoxy) is 1. The monoisotopic (exact) mass is 457 g/mol. The fraction of sp³-hybridized carbons (Fsp3) is 0.391. The fourth-order valence-electron chi connectivity index (χ4n) is 3.93. The molecule has 32 heavy (non-hydrogen) atoms. The van der Waals surface area contributed by atoms with E-state index in [4.69, 9.17) is 4.74 Å². The van der Waals surface area contributed by atoms with Crippen LogP contribution >= 0.6 is 0 Å². The minimum atomic E-state index is -3.77. The van der Waals surface area contributed by atoms with Crippen LogP contribution in [0, 0.1) is 13.8 Å². The molecular weight excluding hydrogens is 430 g/mol. The number of sulfonamides is 1. The number of aryl methyl sites for hydroxylation is 2. The smallest absolute Gasteiger partial charge is 0.265 e. The van der Waals surface area contributed by atoms with E-state index >= 15 is 0 Å². The SMILES string of the molecule is Cc1ccc(CC(=O)N2CCN(S(=O)(=O)c3cc4c(cc3C)NC(=O)[C@H](C)O4)CC2)cc1. The van der Waals surface area contributed by atoms with Crippen LogP contribution in [0.2, 0.25) is 0 Å². The standard InChI is InChI=1S/C23H27N3O5S/c1-15-4-6-18(7-5-15)13-22(27)25-8-10-26(11-9-25)32(29,30)21-14-20-19(12-16(21)2)24-23(28)17(3)31-20/h4-7,12,14,17H,8-11,13H2,1-3H3,(H,24,28)/t17-/m0/s1. The van der Waals surface area contributed by atoms with E-state index in [9.17, 15) is 18.0 Å². The van der Waals surface area contributed by atoms with Gasteiger partial charge in [-0.05, 0) is 38.0 Å². The van der Waals surface area contributed by atoms with Crippen LogP contribution in [0.1, 0.15) is 23.6 Å². The highest BCUT2D eigenvalue weighted by atomic mass is 32.2. The molecule has 1 saturated heterocycles. The lowest BCUT2D eigenvalue weighted by Crippen LogP contribution is -2.51. The minimum absolute atomic E-state index is 0.00556. The van der Waals surface area contributed by atoms with Crippen molar-refractivity contribution < 1.29 is 22.7 Å². The topological polar surface area (TPSA) is 96.0 Å². The zero-order valence-electron chi connectivity index (χ0n) is 18.4. The van der Waals surface area contributed by atoms with Crippen molar-refractivity contribution in [3.05, 3.63) is 53.1 Å². The maximum absolute atomic E-state index is 13.3. The van der Waals surface area contributed by atoms with E-state index in [2.05, 4.69) is 5.32 Å². The Kier molecular flexibility index (Phi) is 5.96. The molecule has 2 heterocycles. The van der Waals surface area contributed by atoms with Gasteiger partial charge in [0.2, 0.25) is 15.9 Å². The minimum Gasteiger partial charge on any atom is -0.479 e. The van der Waals surface area contributed by atoms with E-state index in [0.717, 1.165) is 11.1 Å². The highest BCUT2D eigenvalue weighted by Crippen LogP contribution is 2.35. The summed E-state index contributed by atoms with van der Waals surface area (Å²) in [5.41, 5.74) is 3.08. The van der Waals surface area contributed by atoms with Gasteiger partial charge in [0.05, 0.1) is 17.0 Å². The number of fused-ring (bicyclic) bond motifs is 1. The maximum Gasteiger partial charge on any atom is 0.265 e. The quantitative estimate of drug-likeness (QED) is 0.759. The molecule has 0 spiro atoms. The van der Waals surface area contributed by atoms with Gasteiger partial charge in [-0.1, -0.05) is 29.8 Å². The summed E-state index contributed by atoms with van der Waals surface area (Å²) in [6.07, 6.45) is -0.387. The van der Waals surface area contributed by atoms with Crippen LogP contribution in [0.15, 0.2) is 41.3 Å². The molecule has 170 valence electrons. The molecule has 2 aliphatic rings. The molecule has 0 unspecified atom stereocenters. The van der Waals surface area contributed by atoms with Crippen LogP contribution in [0.4, 0.5) is 5.69 Å². The van der Waals surface area contributed by atoms with Crippen LogP contribution in [0.3, 0.4) is 0 Å². The zero-order chi connectivity index (χ0) is 23.0. The van der Waals surface area contributed by atoms with E-state index in [1.54, 1.807) is 24.8 Å². The number of nitrogens with zero attached hydrogens (tertiary/aromatic N) is 2. The molecule has 1 N–H and O–H groups in total. The number of carbonyl (C=O) groups excluding carboxylic acids is 2. The van der Waals surface area contributed by atoms with Crippen molar-refractivity contribution in [2.75, 3.05) is 31.5 Å². The molecule has 0 aromatic heterocycles. The first-order chi connectivity index (χ1) is 15.1. The first kappa shape index (κ1) is 22.3. The van der Waals surface area contributed by atoms with E-state index in [-0.39, 0.29) is 29.8 Å². The van der Waals surface area contributed by atoms with Gasteiger partial charge in [-0.3, -0.25) is 9.59 Å². The summed E-state index contributed by atoms with van der Waals surface area (Å²) >= 11 is 0. The van der Waals surface area contributed by atoms with Gasteiger partial charge in [0, 0.05) is 32.2 Å². The molecule has 0 bridgehead atoms. The number of rotatable bonds is 4. The van der Waals surface area contributed by atoms with Crippen LogP contribution in [0.5, 0.6) is 5.75 Å². The normalized spacial score (nSPS) is 19.2. The van der Waals surface area contributed by atoms with Gasteiger partial charge in [0.25, 0.3) is 5.91 Å². The van der Waals surface area contributed by atoms with Gasteiger partial charge in [0.1, 0.15) is 5.75 Å². The van der Waals surface area contributed by atoms with Gasteiger partial charge >= 0.3 is 0 Å². The summed E-state index contributed by atoms with van der Waals surface area (Å²) in [6, 6.07) is 10.9.